The molecule has 100 valence electrons. The Hall–Kier alpha value is -0.860. The quantitative estimate of drug-likeness (QED) is 0.884. The maximum Gasteiger partial charge on any atom is 0.0239 e. The van der Waals surface area contributed by atoms with Gasteiger partial charge in [-0.1, -0.05) is 31.2 Å². The summed E-state index contributed by atoms with van der Waals surface area (Å²) in [6, 6.07) is 9.90. The summed E-state index contributed by atoms with van der Waals surface area (Å²) in [6.07, 6.45) is 4.91. The van der Waals surface area contributed by atoms with Crippen LogP contribution in [0.4, 0.5) is 0 Å². The van der Waals surface area contributed by atoms with Gasteiger partial charge in [0.05, 0.1) is 0 Å². The molecule has 1 aliphatic carbocycles. The third-order valence-electron chi connectivity index (χ3n) is 4.30. The predicted molar refractivity (Wildman–Crippen MR) is 77.5 cm³/mol. The maximum absolute atomic E-state index is 6.00. The second-order valence-electron chi connectivity index (χ2n) is 5.56. The van der Waals surface area contributed by atoms with Gasteiger partial charge in [-0.2, -0.15) is 0 Å². The Morgan fingerprint density at radius 3 is 2.44 bits per heavy atom. The molecule has 1 aliphatic rings. The Labute approximate surface area is 111 Å². The lowest BCUT2D eigenvalue weighted by Gasteiger charge is -2.35. The first-order valence-corrected chi connectivity index (χ1v) is 7.24. The summed E-state index contributed by atoms with van der Waals surface area (Å²) < 4.78 is 0. The van der Waals surface area contributed by atoms with Crippen LogP contribution in [0.5, 0.6) is 0 Å². The summed E-state index contributed by atoms with van der Waals surface area (Å²) in [5.74, 6) is 0. The number of nitrogens with two attached hydrogens (primary N) is 1. The van der Waals surface area contributed by atoms with E-state index in [2.05, 4.69) is 43.0 Å². The van der Waals surface area contributed by atoms with Gasteiger partial charge in [-0.25, -0.2) is 0 Å². The Kier molecular flexibility index (Phi) is 4.79. The third-order valence-corrected chi connectivity index (χ3v) is 4.30. The van der Waals surface area contributed by atoms with Crippen molar-refractivity contribution < 1.29 is 0 Å². The largest absolute Gasteiger partial charge is 0.328 e. The zero-order valence-corrected chi connectivity index (χ0v) is 11.7. The van der Waals surface area contributed by atoms with Gasteiger partial charge in [-0.05, 0) is 50.3 Å². The van der Waals surface area contributed by atoms with Crippen LogP contribution in [0, 0.1) is 6.92 Å². The lowest BCUT2D eigenvalue weighted by Crippen LogP contribution is -2.40. The molecule has 1 saturated carbocycles. The summed E-state index contributed by atoms with van der Waals surface area (Å²) in [4.78, 5) is 2.62. The fourth-order valence-corrected chi connectivity index (χ4v) is 2.97. The normalized spacial score (nSPS) is 24.4. The van der Waals surface area contributed by atoms with Gasteiger partial charge >= 0.3 is 0 Å². The van der Waals surface area contributed by atoms with E-state index in [1.165, 1.54) is 36.8 Å². The molecule has 0 atom stereocenters. The van der Waals surface area contributed by atoms with Crippen LogP contribution in [0.3, 0.4) is 0 Å². The first kappa shape index (κ1) is 13.6. The molecule has 2 nitrogen and oxygen atoms in total. The average molecular weight is 246 g/mol. The summed E-state index contributed by atoms with van der Waals surface area (Å²) in [7, 11) is 0. The second kappa shape index (κ2) is 6.35. The van der Waals surface area contributed by atoms with Crippen molar-refractivity contribution in [2.45, 2.75) is 58.2 Å². The van der Waals surface area contributed by atoms with E-state index in [0.717, 1.165) is 19.1 Å². The van der Waals surface area contributed by atoms with Gasteiger partial charge in [0.25, 0.3) is 0 Å². The molecule has 0 bridgehead atoms. The van der Waals surface area contributed by atoms with Gasteiger partial charge in [0, 0.05) is 18.6 Å². The van der Waals surface area contributed by atoms with Crippen molar-refractivity contribution in [3.05, 3.63) is 35.4 Å². The van der Waals surface area contributed by atoms with E-state index >= 15 is 0 Å². The number of nitrogens with zero attached hydrogens (tertiary/aromatic N) is 1. The monoisotopic (exact) mass is 246 g/mol. The van der Waals surface area contributed by atoms with Gasteiger partial charge in [-0.3, -0.25) is 4.90 Å². The molecule has 0 saturated heterocycles. The van der Waals surface area contributed by atoms with E-state index in [9.17, 15) is 0 Å². The Bertz CT molecular complexity index is 367. The highest BCUT2D eigenvalue weighted by Gasteiger charge is 2.23. The lowest BCUT2D eigenvalue weighted by molar-refractivity contribution is 0.149. The molecular weight excluding hydrogens is 220 g/mol. The van der Waals surface area contributed by atoms with Crippen molar-refractivity contribution in [2.24, 2.45) is 5.73 Å². The van der Waals surface area contributed by atoms with Gasteiger partial charge in [-0.15, -0.1) is 0 Å². The number of hydrogen-bond donors (Lipinski definition) is 1. The molecular formula is C16H26N2. The van der Waals surface area contributed by atoms with Crippen molar-refractivity contribution in [2.75, 3.05) is 6.54 Å². The smallest absolute Gasteiger partial charge is 0.0239 e. The summed E-state index contributed by atoms with van der Waals surface area (Å²) >= 11 is 0. The van der Waals surface area contributed by atoms with Crippen LogP contribution in [-0.2, 0) is 6.54 Å². The van der Waals surface area contributed by atoms with E-state index in [1.54, 1.807) is 0 Å². The standard InChI is InChI=1S/C16H26N2/c1-3-18(16-10-8-15(17)9-11-16)12-14-7-5-4-6-13(14)2/h4-7,15-16H,3,8-12,17H2,1-2H3. The fraction of sp³-hybridized carbons (Fsp3) is 0.625. The lowest BCUT2D eigenvalue weighted by atomic mass is 9.90. The van der Waals surface area contributed by atoms with Crippen LogP contribution >= 0.6 is 0 Å². The molecule has 1 aromatic carbocycles. The molecule has 0 unspecified atom stereocenters. The fourth-order valence-electron chi connectivity index (χ4n) is 2.97. The van der Waals surface area contributed by atoms with Crippen LogP contribution < -0.4 is 5.73 Å². The Morgan fingerprint density at radius 1 is 1.17 bits per heavy atom. The minimum absolute atomic E-state index is 0.443. The van der Waals surface area contributed by atoms with Crippen molar-refractivity contribution >= 4 is 0 Å². The van der Waals surface area contributed by atoms with E-state index in [0.29, 0.717) is 6.04 Å². The summed E-state index contributed by atoms with van der Waals surface area (Å²) in [6.45, 7) is 6.70. The first-order valence-electron chi connectivity index (χ1n) is 7.24. The van der Waals surface area contributed by atoms with Crippen LogP contribution in [0.1, 0.15) is 43.7 Å². The number of benzene rings is 1. The SMILES string of the molecule is CCN(Cc1ccccc1C)C1CCC(N)CC1. The molecule has 0 heterocycles. The van der Waals surface area contributed by atoms with Gasteiger partial charge in [0.1, 0.15) is 0 Å². The van der Waals surface area contributed by atoms with Crippen LogP contribution in [0.2, 0.25) is 0 Å². The van der Waals surface area contributed by atoms with Crippen molar-refractivity contribution in [3.8, 4) is 0 Å². The molecule has 1 fully saturated rings. The van der Waals surface area contributed by atoms with Crippen molar-refractivity contribution in [1.29, 1.82) is 0 Å². The molecule has 0 amide bonds. The predicted octanol–water partition coefficient (Wildman–Crippen LogP) is 3.09. The summed E-state index contributed by atoms with van der Waals surface area (Å²) in [5.41, 5.74) is 8.87. The highest BCUT2D eigenvalue weighted by atomic mass is 15.1. The van der Waals surface area contributed by atoms with E-state index < -0.39 is 0 Å². The minimum atomic E-state index is 0.443. The highest BCUT2D eigenvalue weighted by molar-refractivity contribution is 5.25. The molecule has 0 aromatic heterocycles. The van der Waals surface area contributed by atoms with E-state index in [4.69, 9.17) is 5.73 Å². The maximum atomic E-state index is 6.00. The zero-order chi connectivity index (χ0) is 13.0. The number of rotatable bonds is 4. The van der Waals surface area contributed by atoms with Gasteiger partial charge < -0.3 is 5.73 Å². The van der Waals surface area contributed by atoms with Crippen LogP contribution in [0.25, 0.3) is 0 Å². The van der Waals surface area contributed by atoms with E-state index in [-0.39, 0.29) is 0 Å². The molecule has 2 N–H and O–H groups in total. The first-order chi connectivity index (χ1) is 8.70. The second-order valence-corrected chi connectivity index (χ2v) is 5.56. The van der Waals surface area contributed by atoms with Gasteiger partial charge in [0.2, 0.25) is 0 Å². The molecule has 2 rings (SSSR count). The molecule has 2 heteroatoms. The van der Waals surface area contributed by atoms with Crippen molar-refractivity contribution in [1.82, 2.24) is 4.90 Å². The molecule has 18 heavy (non-hydrogen) atoms. The third kappa shape index (κ3) is 3.33. The Balaban J connectivity index is 1.99. The number of aryl methyl sites for hydroxylation is 1. The number of hydrogen-bond acceptors (Lipinski definition) is 2. The van der Waals surface area contributed by atoms with Crippen LogP contribution in [0.15, 0.2) is 24.3 Å². The summed E-state index contributed by atoms with van der Waals surface area (Å²) in [5, 5.41) is 0. The van der Waals surface area contributed by atoms with E-state index in [1.807, 2.05) is 0 Å². The molecule has 0 spiro atoms. The zero-order valence-electron chi connectivity index (χ0n) is 11.7. The Morgan fingerprint density at radius 2 is 1.83 bits per heavy atom. The average Bonchev–Trinajstić information content (AvgIpc) is 2.39. The van der Waals surface area contributed by atoms with Crippen LogP contribution in [-0.4, -0.2) is 23.5 Å². The topological polar surface area (TPSA) is 29.3 Å². The highest BCUT2D eigenvalue weighted by Crippen LogP contribution is 2.24. The minimum Gasteiger partial charge on any atom is -0.328 e. The molecule has 0 radical (unpaired) electrons. The molecule has 0 aliphatic heterocycles. The van der Waals surface area contributed by atoms with Gasteiger partial charge in [0.15, 0.2) is 0 Å². The van der Waals surface area contributed by atoms with Crippen molar-refractivity contribution in [3.63, 3.8) is 0 Å². The molecule has 1 aromatic rings.